The van der Waals surface area contributed by atoms with Gasteiger partial charge >= 0.3 is 0 Å². The number of benzene rings is 6. The average molecular weight is 689 g/mol. The van der Waals surface area contributed by atoms with E-state index in [0.717, 1.165) is 39.8 Å². The van der Waals surface area contributed by atoms with E-state index in [1.165, 1.54) is 61.2 Å². The second kappa shape index (κ2) is 11.9. The van der Waals surface area contributed by atoms with Crippen molar-refractivity contribution in [3.63, 3.8) is 0 Å². The molecule has 1 atom stereocenters. The molecule has 3 aliphatic rings. The van der Waals surface area contributed by atoms with Crippen LogP contribution in [0.15, 0.2) is 188 Å². The van der Waals surface area contributed by atoms with Gasteiger partial charge in [0, 0.05) is 11.6 Å². The summed E-state index contributed by atoms with van der Waals surface area (Å²) >= 11 is 0. The fraction of sp³-hybridized carbons (Fsp3) is 0.0769. The number of allylic oxidation sites excluding steroid dienone is 4. The molecule has 0 saturated carbocycles. The standard InChI is InChI=1S/C52H36N2/c1-33-11-10-15-43-41-29-28-38(31-47(41)52(51(33)43)45-16-5-2-12-39(45)40-13-3-6-17-46(40)52)36-22-20-34(21-23-36)35-24-26-37(27-25-35)44-32-50(49-19-8-9-30-53-49)54-48-18-7-4-14-42(44)48/h2-10,12-33H,11H2,1H3. The van der Waals surface area contributed by atoms with Crippen LogP contribution in [0.1, 0.15) is 35.6 Å². The molecule has 0 bridgehead atoms. The Labute approximate surface area is 315 Å². The maximum atomic E-state index is 4.94. The van der Waals surface area contributed by atoms with Gasteiger partial charge in [0.1, 0.15) is 0 Å². The van der Waals surface area contributed by atoms with E-state index in [0.29, 0.717) is 5.92 Å². The molecule has 1 unspecified atom stereocenters. The lowest BCUT2D eigenvalue weighted by atomic mass is 9.65. The summed E-state index contributed by atoms with van der Waals surface area (Å²) in [7, 11) is 0. The molecule has 0 radical (unpaired) electrons. The number of nitrogens with zero attached hydrogens (tertiary/aromatic N) is 2. The molecule has 0 aliphatic heterocycles. The summed E-state index contributed by atoms with van der Waals surface area (Å²) in [6.07, 6.45) is 7.65. The maximum absolute atomic E-state index is 4.94. The second-order valence-corrected chi connectivity index (χ2v) is 14.9. The van der Waals surface area contributed by atoms with Crippen LogP contribution in [0.2, 0.25) is 0 Å². The molecular formula is C52H36N2. The molecular weight excluding hydrogens is 653 g/mol. The van der Waals surface area contributed by atoms with Gasteiger partial charge < -0.3 is 0 Å². The van der Waals surface area contributed by atoms with Crippen LogP contribution in [-0.4, -0.2) is 9.97 Å². The number of hydrogen-bond acceptors (Lipinski definition) is 2. The molecule has 3 aliphatic carbocycles. The van der Waals surface area contributed by atoms with Gasteiger partial charge in [-0.1, -0.05) is 153 Å². The first-order valence-corrected chi connectivity index (χ1v) is 19.0. The number of fused-ring (bicyclic) bond motifs is 10. The van der Waals surface area contributed by atoms with Crippen molar-refractivity contribution in [1.29, 1.82) is 0 Å². The Bertz CT molecular complexity index is 2800. The van der Waals surface area contributed by atoms with E-state index < -0.39 is 0 Å². The molecule has 0 saturated heterocycles. The largest absolute Gasteiger partial charge is 0.255 e. The third-order valence-electron chi connectivity index (χ3n) is 12.0. The zero-order valence-corrected chi connectivity index (χ0v) is 30.0. The van der Waals surface area contributed by atoms with Crippen molar-refractivity contribution in [2.24, 2.45) is 5.92 Å². The fourth-order valence-electron chi connectivity index (χ4n) is 9.66. The molecule has 0 amide bonds. The van der Waals surface area contributed by atoms with E-state index in [4.69, 9.17) is 4.98 Å². The molecule has 6 aromatic carbocycles. The molecule has 2 nitrogen and oxygen atoms in total. The molecule has 254 valence electrons. The Kier molecular flexibility index (Phi) is 6.84. The summed E-state index contributed by atoms with van der Waals surface area (Å²) in [5, 5.41) is 1.14. The fourth-order valence-corrected chi connectivity index (χ4v) is 9.66. The first-order valence-electron chi connectivity index (χ1n) is 19.0. The topological polar surface area (TPSA) is 25.8 Å². The third kappa shape index (κ3) is 4.47. The smallest absolute Gasteiger partial charge is 0.0900 e. The number of pyridine rings is 2. The Morgan fingerprint density at radius 2 is 1.11 bits per heavy atom. The second-order valence-electron chi connectivity index (χ2n) is 14.9. The van der Waals surface area contributed by atoms with Crippen LogP contribution < -0.4 is 0 Å². The van der Waals surface area contributed by atoms with Crippen molar-refractivity contribution in [3.05, 3.63) is 210 Å². The monoisotopic (exact) mass is 688 g/mol. The lowest BCUT2D eigenvalue weighted by Gasteiger charge is -2.36. The average Bonchev–Trinajstić information content (AvgIpc) is 3.71. The third-order valence-corrected chi connectivity index (χ3v) is 12.0. The van der Waals surface area contributed by atoms with Crippen LogP contribution in [0.5, 0.6) is 0 Å². The Hall–Kier alpha value is -6.64. The number of aromatic nitrogens is 2. The predicted octanol–water partition coefficient (Wildman–Crippen LogP) is 13.0. The quantitative estimate of drug-likeness (QED) is 0.184. The summed E-state index contributed by atoms with van der Waals surface area (Å²) in [4.78, 5) is 9.52. The Morgan fingerprint density at radius 1 is 0.500 bits per heavy atom. The van der Waals surface area contributed by atoms with Crippen molar-refractivity contribution in [1.82, 2.24) is 9.97 Å². The zero-order chi connectivity index (χ0) is 35.8. The van der Waals surface area contributed by atoms with Crippen LogP contribution in [0.4, 0.5) is 0 Å². The van der Waals surface area contributed by atoms with Gasteiger partial charge in [-0.05, 0) is 121 Å². The summed E-state index contributed by atoms with van der Waals surface area (Å²) in [6, 6.07) is 60.0. The van der Waals surface area contributed by atoms with E-state index in [-0.39, 0.29) is 5.41 Å². The molecule has 0 N–H and O–H groups in total. The molecule has 11 rings (SSSR count). The van der Waals surface area contributed by atoms with Crippen LogP contribution in [0, 0.1) is 5.92 Å². The molecule has 8 aromatic rings. The van der Waals surface area contributed by atoms with Gasteiger partial charge in [-0.15, -0.1) is 0 Å². The van der Waals surface area contributed by atoms with Crippen LogP contribution >= 0.6 is 0 Å². The summed E-state index contributed by atoms with van der Waals surface area (Å²) in [5.41, 5.74) is 20.9. The Morgan fingerprint density at radius 3 is 1.81 bits per heavy atom. The van der Waals surface area contributed by atoms with Crippen molar-refractivity contribution in [3.8, 4) is 55.9 Å². The van der Waals surface area contributed by atoms with E-state index in [9.17, 15) is 0 Å². The molecule has 2 heterocycles. The van der Waals surface area contributed by atoms with Gasteiger partial charge in [-0.2, -0.15) is 0 Å². The van der Waals surface area contributed by atoms with Crippen molar-refractivity contribution >= 4 is 16.5 Å². The Balaban J connectivity index is 0.966. The summed E-state index contributed by atoms with van der Waals surface area (Å²) < 4.78 is 0. The predicted molar refractivity (Wildman–Crippen MR) is 223 cm³/mol. The summed E-state index contributed by atoms with van der Waals surface area (Å²) in [5.74, 6) is 0.450. The lowest BCUT2D eigenvalue weighted by Crippen LogP contribution is -2.30. The minimum absolute atomic E-state index is 0.280. The van der Waals surface area contributed by atoms with Gasteiger partial charge in [-0.25, -0.2) is 4.98 Å². The molecule has 2 aromatic heterocycles. The van der Waals surface area contributed by atoms with Crippen molar-refractivity contribution in [2.75, 3.05) is 0 Å². The SMILES string of the molecule is CC1CC=CC2=C1C1(c3cc(-c4ccc(-c5ccc(-c6cc(-c7ccccn7)nc7ccccc67)cc5)cc4)ccc32)c2ccccc2-c2ccccc21. The highest BCUT2D eigenvalue weighted by molar-refractivity contribution is 5.99. The van der Waals surface area contributed by atoms with E-state index in [2.05, 4.69) is 164 Å². The van der Waals surface area contributed by atoms with Crippen LogP contribution in [0.3, 0.4) is 0 Å². The van der Waals surface area contributed by atoms with E-state index in [1.54, 1.807) is 5.57 Å². The number of para-hydroxylation sites is 1. The zero-order valence-electron chi connectivity index (χ0n) is 30.0. The lowest BCUT2D eigenvalue weighted by molar-refractivity contribution is 0.591. The maximum Gasteiger partial charge on any atom is 0.0900 e. The van der Waals surface area contributed by atoms with Gasteiger partial charge in [0.15, 0.2) is 0 Å². The normalized spacial score (nSPS) is 16.0. The highest BCUT2D eigenvalue weighted by atomic mass is 14.8. The van der Waals surface area contributed by atoms with Crippen LogP contribution in [-0.2, 0) is 5.41 Å². The first kappa shape index (κ1) is 30.9. The van der Waals surface area contributed by atoms with Gasteiger partial charge in [-0.3, -0.25) is 4.98 Å². The minimum Gasteiger partial charge on any atom is -0.255 e. The van der Waals surface area contributed by atoms with Gasteiger partial charge in [0.2, 0.25) is 0 Å². The highest BCUT2D eigenvalue weighted by Crippen LogP contribution is 2.64. The molecule has 0 fully saturated rings. The van der Waals surface area contributed by atoms with Gasteiger partial charge in [0.25, 0.3) is 0 Å². The van der Waals surface area contributed by atoms with Crippen molar-refractivity contribution < 1.29 is 0 Å². The number of hydrogen-bond donors (Lipinski definition) is 0. The number of rotatable bonds is 4. The molecule has 1 spiro atoms. The van der Waals surface area contributed by atoms with E-state index in [1.807, 2.05) is 30.5 Å². The van der Waals surface area contributed by atoms with E-state index >= 15 is 0 Å². The highest BCUT2D eigenvalue weighted by Gasteiger charge is 2.54. The van der Waals surface area contributed by atoms with Gasteiger partial charge in [0.05, 0.1) is 22.3 Å². The van der Waals surface area contributed by atoms with Crippen molar-refractivity contribution in [2.45, 2.75) is 18.8 Å². The van der Waals surface area contributed by atoms with Crippen LogP contribution in [0.25, 0.3) is 72.4 Å². The molecule has 54 heavy (non-hydrogen) atoms. The summed E-state index contributed by atoms with van der Waals surface area (Å²) in [6.45, 7) is 2.42. The minimum atomic E-state index is -0.280. The molecule has 2 heteroatoms. The first-order chi connectivity index (χ1) is 26.7.